The molecule has 21 heavy (non-hydrogen) atoms. The van der Waals surface area contributed by atoms with Gasteiger partial charge in [-0.05, 0) is 0 Å². The standard InChI is InChI=1S/C12H10F4N4O/c13-6-3-7(14)10(16)11(9(6)15)19-12(21)8-4-20(2-1-17)5-18-8/h3-5H,1-2,17H2,(H,19,21). The van der Waals surface area contributed by atoms with E-state index in [-0.39, 0.29) is 11.8 Å². The van der Waals surface area contributed by atoms with Gasteiger partial charge in [0.15, 0.2) is 23.3 Å². The Morgan fingerprint density at radius 1 is 1.24 bits per heavy atom. The summed E-state index contributed by atoms with van der Waals surface area (Å²) in [5.74, 6) is -7.61. The Labute approximate surface area is 116 Å². The van der Waals surface area contributed by atoms with Crippen molar-refractivity contribution in [1.82, 2.24) is 9.55 Å². The summed E-state index contributed by atoms with van der Waals surface area (Å²) in [6, 6.07) is 0.0519. The summed E-state index contributed by atoms with van der Waals surface area (Å²) in [4.78, 5) is 15.5. The number of carbonyl (C=O) groups is 1. The van der Waals surface area contributed by atoms with E-state index in [2.05, 4.69) is 4.98 Å². The van der Waals surface area contributed by atoms with E-state index in [0.29, 0.717) is 13.1 Å². The van der Waals surface area contributed by atoms with Crippen molar-refractivity contribution in [3.05, 3.63) is 47.6 Å². The van der Waals surface area contributed by atoms with Crippen molar-refractivity contribution in [2.45, 2.75) is 6.54 Å². The van der Waals surface area contributed by atoms with Crippen molar-refractivity contribution in [3.63, 3.8) is 0 Å². The molecule has 112 valence electrons. The molecule has 0 fully saturated rings. The van der Waals surface area contributed by atoms with Crippen LogP contribution in [0.25, 0.3) is 0 Å². The van der Waals surface area contributed by atoms with E-state index in [1.807, 2.05) is 0 Å². The second-order valence-corrected chi connectivity index (χ2v) is 4.08. The summed E-state index contributed by atoms with van der Waals surface area (Å²) in [6.45, 7) is 0.688. The Balaban J connectivity index is 2.27. The minimum absolute atomic E-state index is 0.0519. The first kappa shape index (κ1) is 15.0. The van der Waals surface area contributed by atoms with Gasteiger partial charge in [0.25, 0.3) is 5.91 Å². The maximum absolute atomic E-state index is 13.4. The highest BCUT2D eigenvalue weighted by Gasteiger charge is 2.22. The molecule has 0 radical (unpaired) electrons. The summed E-state index contributed by atoms with van der Waals surface area (Å²) in [7, 11) is 0. The lowest BCUT2D eigenvalue weighted by Crippen LogP contribution is -2.16. The highest BCUT2D eigenvalue weighted by Crippen LogP contribution is 2.24. The number of nitrogens with two attached hydrogens (primary N) is 1. The summed E-state index contributed by atoms with van der Waals surface area (Å²) in [5.41, 5.74) is 3.93. The zero-order valence-corrected chi connectivity index (χ0v) is 10.5. The fraction of sp³-hybridized carbons (Fsp3) is 0.167. The Morgan fingerprint density at radius 2 is 1.86 bits per heavy atom. The van der Waals surface area contributed by atoms with Crippen molar-refractivity contribution >= 4 is 11.6 Å². The van der Waals surface area contributed by atoms with Gasteiger partial charge in [0.1, 0.15) is 11.4 Å². The molecule has 0 bridgehead atoms. The van der Waals surface area contributed by atoms with Gasteiger partial charge in [-0.1, -0.05) is 0 Å². The number of hydrogen-bond donors (Lipinski definition) is 2. The van der Waals surface area contributed by atoms with Crippen LogP contribution < -0.4 is 11.1 Å². The van der Waals surface area contributed by atoms with Crippen LogP contribution in [0, 0.1) is 23.3 Å². The molecule has 1 aromatic carbocycles. The number of nitrogens with zero attached hydrogens (tertiary/aromatic N) is 2. The summed E-state index contributed by atoms with van der Waals surface area (Å²) in [5, 5.41) is 1.76. The molecule has 1 aromatic heterocycles. The second-order valence-electron chi connectivity index (χ2n) is 4.08. The second kappa shape index (κ2) is 5.92. The Morgan fingerprint density at radius 3 is 2.43 bits per heavy atom. The van der Waals surface area contributed by atoms with E-state index >= 15 is 0 Å². The van der Waals surface area contributed by atoms with Gasteiger partial charge in [0, 0.05) is 25.4 Å². The molecule has 1 amide bonds. The quantitative estimate of drug-likeness (QED) is 0.666. The Kier molecular flexibility index (Phi) is 4.22. The SMILES string of the molecule is NCCn1cnc(C(=O)Nc2c(F)c(F)cc(F)c2F)c1. The van der Waals surface area contributed by atoms with Crippen molar-refractivity contribution in [2.75, 3.05) is 11.9 Å². The fourth-order valence-electron chi connectivity index (χ4n) is 1.61. The van der Waals surface area contributed by atoms with E-state index in [0.717, 1.165) is 0 Å². The van der Waals surface area contributed by atoms with Gasteiger partial charge in [-0.15, -0.1) is 0 Å². The third kappa shape index (κ3) is 3.02. The van der Waals surface area contributed by atoms with E-state index in [1.165, 1.54) is 17.1 Å². The van der Waals surface area contributed by atoms with Gasteiger partial charge in [0.05, 0.1) is 6.33 Å². The molecular formula is C12H10F4N4O. The minimum Gasteiger partial charge on any atom is -0.335 e. The molecule has 0 aliphatic heterocycles. The lowest BCUT2D eigenvalue weighted by atomic mass is 10.2. The summed E-state index contributed by atoms with van der Waals surface area (Å²) in [6.07, 6.45) is 2.58. The molecule has 0 spiro atoms. The molecular weight excluding hydrogens is 292 g/mol. The van der Waals surface area contributed by atoms with E-state index in [9.17, 15) is 22.4 Å². The number of rotatable bonds is 4. The van der Waals surface area contributed by atoms with Gasteiger partial charge in [-0.3, -0.25) is 4.79 Å². The van der Waals surface area contributed by atoms with E-state index in [1.54, 1.807) is 5.32 Å². The summed E-state index contributed by atoms with van der Waals surface area (Å²) >= 11 is 0. The maximum atomic E-state index is 13.4. The topological polar surface area (TPSA) is 72.9 Å². The lowest BCUT2D eigenvalue weighted by Gasteiger charge is -2.07. The van der Waals surface area contributed by atoms with Gasteiger partial charge in [-0.25, -0.2) is 22.5 Å². The first-order valence-electron chi connectivity index (χ1n) is 5.80. The zero-order chi connectivity index (χ0) is 15.6. The zero-order valence-electron chi connectivity index (χ0n) is 10.5. The minimum atomic E-state index is -1.69. The number of hydrogen-bond acceptors (Lipinski definition) is 3. The molecule has 2 rings (SSSR count). The normalized spacial score (nSPS) is 10.7. The van der Waals surface area contributed by atoms with Gasteiger partial charge in [-0.2, -0.15) is 0 Å². The Bertz CT molecular complexity index is 660. The first-order valence-corrected chi connectivity index (χ1v) is 5.80. The molecule has 0 aliphatic carbocycles. The Hall–Kier alpha value is -2.42. The van der Waals surface area contributed by atoms with E-state index < -0.39 is 34.9 Å². The van der Waals surface area contributed by atoms with E-state index in [4.69, 9.17) is 5.73 Å². The number of halogens is 4. The largest absolute Gasteiger partial charge is 0.335 e. The van der Waals surface area contributed by atoms with Crippen LogP contribution in [-0.2, 0) is 6.54 Å². The highest BCUT2D eigenvalue weighted by atomic mass is 19.2. The number of benzene rings is 1. The first-order chi connectivity index (χ1) is 9.93. The number of carbonyl (C=O) groups excluding carboxylic acids is 1. The van der Waals surface area contributed by atoms with Crippen LogP contribution in [0.2, 0.25) is 0 Å². The molecule has 0 saturated carbocycles. The van der Waals surface area contributed by atoms with Crippen LogP contribution in [-0.4, -0.2) is 22.0 Å². The lowest BCUT2D eigenvalue weighted by molar-refractivity contribution is 0.102. The number of amides is 1. The van der Waals surface area contributed by atoms with Crippen molar-refractivity contribution in [1.29, 1.82) is 0 Å². The molecule has 0 saturated heterocycles. The third-order valence-corrected chi connectivity index (χ3v) is 2.60. The monoisotopic (exact) mass is 302 g/mol. The molecule has 5 nitrogen and oxygen atoms in total. The van der Waals surface area contributed by atoms with Gasteiger partial charge >= 0.3 is 0 Å². The van der Waals surface area contributed by atoms with Crippen LogP contribution in [0.4, 0.5) is 23.2 Å². The van der Waals surface area contributed by atoms with Gasteiger partial charge < -0.3 is 15.6 Å². The van der Waals surface area contributed by atoms with Crippen molar-refractivity contribution in [2.24, 2.45) is 5.73 Å². The predicted octanol–water partition coefficient (Wildman–Crippen LogP) is 1.65. The smallest absolute Gasteiger partial charge is 0.276 e. The number of aromatic nitrogens is 2. The van der Waals surface area contributed by atoms with Crippen molar-refractivity contribution < 1.29 is 22.4 Å². The molecule has 0 atom stereocenters. The van der Waals surface area contributed by atoms with Crippen molar-refractivity contribution in [3.8, 4) is 0 Å². The van der Waals surface area contributed by atoms with Crippen LogP contribution >= 0.6 is 0 Å². The molecule has 0 aliphatic rings. The predicted molar refractivity (Wildman–Crippen MR) is 65.5 cm³/mol. The fourth-order valence-corrected chi connectivity index (χ4v) is 1.61. The maximum Gasteiger partial charge on any atom is 0.276 e. The molecule has 9 heteroatoms. The third-order valence-electron chi connectivity index (χ3n) is 2.60. The van der Waals surface area contributed by atoms with Crippen LogP contribution in [0.5, 0.6) is 0 Å². The van der Waals surface area contributed by atoms with Gasteiger partial charge in [0.2, 0.25) is 0 Å². The number of nitrogens with one attached hydrogen (secondary N) is 1. The highest BCUT2D eigenvalue weighted by molar-refractivity contribution is 6.02. The van der Waals surface area contributed by atoms with Crippen LogP contribution in [0.15, 0.2) is 18.6 Å². The number of imidazole rings is 1. The molecule has 3 N–H and O–H groups in total. The average Bonchev–Trinajstić information content (AvgIpc) is 2.90. The number of anilines is 1. The molecule has 0 unspecified atom stereocenters. The molecule has 1 heterocycles. The average molecular weight is 302 g/mol. The van der Waals surface area contributed by atoms with Crippen LogP contribution in [0.3, 0.4) is 0 Å². The summed E-state index contributed by atoms with van der Waals surface area (Å²) < 4.78 is 54.3. The molecule has 2 aromatic rings. The van der Waals surface area contributed by atoms with Crippen LogP contribution in [0.1, 0.15) is 10.5 Å².